The van der Waals surface area contributed by atoms with E-state index in [-0.39, 0.29) is 10.6 Å². The maximum Gasteiger partial charge on any atom is 0.284 e. The van der Waals surface area contributed by atoms with Crippen molar-refractivity contribution in [3.63, 3.8) is 0 Å². The number of nitrogens with zero attached hydrogens (tertiary/aromatic N) is 2. The van der Waals surface area contributed by atoms with Crippen molar-refractivity contribution < 1.29 is 18.7 Å². The number of aromatic nitrogens is 1. The Morgan fingerprint density at radius 2 is 2.15 bits per heavy atom. The fourth-order valence-electron chi connectivity index (χ4n) is 2.63. The van der Waals surface area contributed by atoms with Crippen molar-refractivity contribution in [2.45, 2.75) is 13.5 Å². The topological polar surface area (TPSA) is 52.8 Å². The maximum absolute atomic E-state index is 14.1. The van der Waals surface area contributed by atoms with Gasteiger partial charge in [-0.05, 0) is 37.3 Å². The normalized spacial score (nSPS) is 11.9. The molecule has 27 heavy (non-hydrogen) atoms. The van der Waals surface area contributed by atoms with E-state index in [0.29, 0.717) is 30.3 Å². The Labute approximate surface area is 164 Å². The van der Waals surface area contributed by atoms with Crippen molar-refractivity contribution in [2.24, 2.45) is 4.99 Å². The predicted molar refractivity (Wildman–Crippen MR) is 104 cm³/mol. The van der Waals surface area contributed by atoms with Crippen LogP contribution in [0.5, 0.6) is 5.75 Å². The Hall–Kier alpha value is -2.22. The van der Waals surface area contributed by atoms with Crippen molar-refractivity contribution in [1.82, 2.24) is 4.57 Å². The van der Waals surface area contributed by atoms with Gasteiger partial charge in [0, 0.05) is 13.2 Å². The summed E-state index contributed by atoms with van der Waals surface area (Å²) < 4.78 is 27.5. The Morgan fingerprint density at radius 1 is 1.33 bits per heavy atom. The monoisotopic (exact) mass is 408 g/mol. The summed E-state index contributed by atoms with van der Waals surface area (Å²) in [6.07, 6.45) is 0. The van der Waals surface area contributed by atoms with Gasteiger partial charge in [-0.15, -0.1) is 0 Å². The highest BCUT2D eigenvalue weighted by atomic mass is 35.5. The molecule has 0 unspecified atom stereocenters. The lowest BCUT2D eigenvalue weighted by atomic mass is 10.2. The summed E-state index contributed by atoms with van der Waals surface area (Å²) in [4.78, 5) is 17.2. The fourth-order valence-corrected chi connectivity index (χ4v) is 3.95. The number of rotatable bonds is 6. The third-order valence-electron chi connectivity index (χ3n) is 3.93. The molecular formula is C19H18ClFN2O3S. The number of hydrogen-bond donors (Lipinski definition) is 0. The molecule has 0 atom stereocenters. The van der Waals surface area contributed by atoms with Gasteiger partial charge in [0.25, 0.3) is 5.91 Å². The first kappa shape index (κ1) is 19.5. The van der Waals surface area contributed by atoms with Crippen LogP contribution in [-0.4, -0.2) is 30.8 Å². The number of thiazole rings is 1. The predicted octanol–water partition coefficient (Wildman–Crippen LogP) is 4.28. The highest BCUT2D eigenvalue weighted by Crippen LogP contribution is 2.24. The van der Waals surface area contributed by atoms with Crippen molar-refractivity contribution >= 4 is 39.1 Å². The molecule has 0 aliphatic heterocycles. The number of carbonyl (C=O) groups is 1. The molecule has 1 amide bonds. The van der Waals surface area contributed by atoms with Crippen LogP contribution in [0.15, 0.2) is 41.4 Å². The number of hydrogen-bond acceptors (Lipinski definition) is 4. The van der Waals surface area contributed by atoms with E-state index in [1.54, 1.807) is 7.11 Å². The van der Waals surface area contributed by atoms with E-state index in [1.165, 1.54) is 29.5 Å². The van der Waals surface area contributed by atoms with Gasteiger partial charge in [0.1, 0.15) is 11.6 Å². The van der Waals surface area contributed by atoms with Gasteiger partial charge in [0.15, 0.2) is 4.80 Å². The van der Waals surface area contributed by atoms with E-state index in [9.17, 15) is 9.18 Å². The van der Waals surface area contributed by atoms with Crippen LogP contribution < -0.4 is 9.54 Å². The van der Waals surface area contributed by atoms with Gasteiger partial charge in [0.2, 0.25) is 0 Å². The first-order valence-corrected chi connectivity index (χ1v) is 9.52. The molecule has 1 aromatic heterocycles. The van der Waals surface area contributed by atoms with Gasteiger partial charge in [-0.2, -0.15) is 4.99 Å². The maximum atomic E-state index is 14.1. The van der Waals surface area contributed by atoms with Crippen molar-refractivity contribution in [1.29, 1.82) is 0 Å². The van der Waals surface area contributed by atoms with E-state index in [4.69, 9.17) is 21.1 Å². The van der Waals surface area contributed by atoms with Crippen LogP contribution in [0.3, 0.4) is 0 Å². The molecule has 1 heterocycles. The zero-order chi connectivity index (χ0) is 19.4. The molecule has 3 aromatic rings. The number of methoxy groups -OCH3 is 1. The molecule has 0 aliphatic carbocycles. The zero-order valence-corrected chi connectivity index (χ0v) is 16.4. The number of carbonyl (C=O) groups excluding carboxylic acids is 1. The number of fused-ring (bicyclic) bond motifs is 1. The quantitative estimate of drug-likeness (QED) is 0.572. The molecule has 5 nitrogen and oxygen atoms in total. The molecule has 2 aromatic carbocycles. The lowest BCUT2D eigenvalue weighted by molar-refractivity contribution is 0.0993. The summed E-state index contributed by atoms with van der Waals surface area (Å²) in [6, 6.07) is 9.71. The molecule has 142 valence electrons. The molecule has 0 aliphatic rings. The first-order valence-electron chi connectivity index (χ1n) is 8.33. The molecule has 0 saturated carbocycles. The molecule has 0 N–H and O–H groups in total. The summed E-state index contributed by atoms with van der Waals surface area (Å²) in [5, 5.41) is 0.0346. The smallest absolute Gasteiger partial charge is 0.284 e. The van der Waals surface area contributed by atoms with Gasteiger partial charge in [-0.1, -0.05) is 29.0 Å². The van der Waals surface area contributed by atoms with E-state index in [0.717, 1.165) is 10.2 Å². The standard InChI is InChI=1S/C19H18ClFN2O3S/c1-3-26-10-9-23-15-8-7-12(25-2)11-16(15)27-19(23)22-18(24)17-13(20)5-4-6-14(17)21/h4-8,11H,3,9-10H2,1-2H3. The van der Waals surface area contributed by atoms with Crippen LogP contribution in [-0.2, 0) is 11.3 Å². The van der Waals surface area contributed by atoms with Crippen molar-refractivity contribution in [2.75, 3.05) is 20.3 Å². The van der Waals surface area contributed by atoms with Crippen LogP contribution >= 0.6 is 22.9 Å². The van der Waals surface area contributed by atoms with Gasteiger partial charge in [-0.3, -0.25) is 4.79 Å². The number of halogens is 2. The molecule has 0 spiro atoms. The van der Waals surface area contributed by atoms with Gasteiger partial charge in [-0.25, -0.2) is 4.39 Å². The lowest BCUT2D eigenvalue weighted by Crippen LogP contribution is -2.20. The minimum absolute atomic E-state index is 0.0346. The first-order chi connectivity index (χ1) is 13.0. The Bertz CT molecular complexity index is 1020. The summed E-state index contributed by atoms with van der Waals surface area (Å²) in [7, 11) is 1.59. The van der Waals surface area contributed by atoms with Crippen LogP contribution in [0, 0.1) is 5.82 Å². The minimum Gasteiger partial charge on any atom is -0.497 e. The average Bonchev–Trinajstić information content (AvgIpc) is 2.98. The van der Waals surface area contributed by atoms with Crippen LogP contribution in [0.25, 0.3) is 10.2 Å². The van der Waals surface area contributed by atoms with Crippen LogP contribution in [0.2, 0.25) is 5.02 Å². The van der Waals surface area contributed by atoms with Crippen molar-refractivity contribution in [3.8, 4) is 5.75 Å². The molecular weight excluding hydrogens is 391 g/mol. The molecule has 0 fully saturated rings. The third-order valence-corrected chi connectivity index (χ3v) is 5.28. The Kier molecular flexibility index (Phi) is 6.26. The molecule has 0 saturated heterocycles. The van der Waals surface area contributed by atoms with E-state index >= 15 is 0 Å². The van der Waals surface area contributed by atoms with Crippen LogP contribution in [0.1, 0.15) is 17.3 Å². The summed E-state index contributed by atoms with van der Waals surface area (Å²) in [5.74, 6) is -0.711. The van der Waals surface area contributed by atoms with Gasteiger partial charge >= 0.3 is 0 Å². The lowest BCUT2D eigenvalue weighted by Gasteiger charge is -2.06. The van der Waals surface area contributed by atoms with E-state index in [2.05, 4.69) is 4.99 Å². The number of amides is 1. The minimum atomic E-state index is -0.721. The Balaban J connectivity index is 2.12. The fraction of sp³-hybridized carbons (Fsp3) is 0.263. The van der Waals surface area contributed by atoms with Crippen LogP contribution in [0.4, 0.5) is 4.39 Å². The van der Waals surface area contributed by atoms with E-state index < -0.39 is 11.7 Å². The largest absolute Gasteiger partial charge is 0.497 e. The van der Waals surface area contributed by atoms with Crippen molar-refractivity contribution in [3.05, 3.63) is 57.6 Å². The second kappa shape index (κ2) is 8.65. The van der Waals surface area contributed by atoms with E-state index in [1.807, 2.05) is 29.7 Å². The molecule has 3 rings (SSSR count). The second-order valence-corrected chi connectivity index (χ2v) is 7.00. The van der Waals surface area contributed by atoms with Gasteiger partial charge < -0.3 is 14.0 Å². The molecule has 0 radical (unpaired) electrons. The second-order valence-electron chi connectivity index (χ2n) is 5.58. The summed E-state index contributed by atoms with van der Waals surface area (Å²) in [5.41, 5.74) is 0.664. The average molecular weight is 409 g/mol. The Morgan fingerprint density at radius 3 is 2.85 bits per heavy atom. The van der Waals surface area contributed by atoms with Gasteiger partial charge in [0.05, 0.1) is 34.5 Å². The highest BCUT2D eigenvalue weighted by Gasteiger charge is 2.16. The molecule has 8 heteroatoms. The highest BCUT2D eigenvalue weighted by molar-refractivity contribution is 7.16. The zero-order valence-electron chi connectivity index (χ0n) is 14.9. The molecule has 0 bridgehead atoms. The number of benzene rings is 2. The third kappa shape index (κ3) is 4.21. The number of ether oxygens (including phenoxy) is 2. The summed E-state index contributed by atoms with van der Waals surface area (Å²) >= 11 is 7.31. The summed E-state index contributed by atoms with van der Waals surface area (Å²) in [6.45, 7) is 3.48. The SMILES string of the molecule is CCOCCn1c(=NC(=O)c2c(F)cccc2Cl)sc2cc(OC)ccc21.